The lowest BCUT2D eigenvalue weighted by atomic mass is 10.1. The first-order chi connectivity index (χ1) is 15.9. The number of esters is 1. The van der Waals surface area contributed by atoms with Gasteiger partial charge in [0.2, 0.25) is 0 Å². The van der Waals surface area contributed by atoms with Crippen LogP contribution >= 0.6 is 0 Å². The highest BCUT2D eigenvalue weighted by Gasteiger charge is 2.37. The number of hydrogen-bond acceptors (Lipinski definition) is 7. The molecule has 2 heterocycles. The normalized spacial score (nSPS) is 14.9. The summed E-state index contributed by atoms with van der Waals surface area (Å²) in [5, 5.41) is 2.16. The number of furan rings is 1. The minimum atomic E-state index is -0.849. The van der Waals surface area contributed by atoms with Gasteiger partial charge < -0.3 is 13.9 Å². The number of urea groups is 1. The molecule has 0 saturated carbocycles. The molecule has 3 aromatic rings. The van der Waals surface area contributed by atoms with E-state index < -0.39 is 23.8 Å². The molecular formula is C24H18N2O7. The van der Waals surface area contributed by atoms with Gasteiger partial charge in [-0.1, -0.05) is 12.1 Å². The second-order valence-electron chi connectivity index (χ2n) is 6.93. The van der Waals surface area contributed by atoms with Crippen molar-refractivity contribution in [3.8, 4) is 17.1 Å². The quantitative estimate of drug-likeness (QED) is 0.363. The lowest BCUT2D eigenvalue weighted by molar-refractivity contribution is -0.122. The van der Waals surface area contributed by atoms with Gasteiger partial charge in [-0.2, -0.15) is 0 Å². The van der Waals surface area contributed by atoms with Crippen molar-refractivity contribution in [2.75, 3.05) is 19.1 Å². The number of carbonyl (C=O) groups excluding carboxylic acids is 4. The number of benzene rings is 2. The standard InChI is InChI=1S/C24H18N2O7/c1-31-17-9-7-16(8-10-17)26-22(28)19(21(27)25-24(26)30)13-18-11-12-20(33-18)14-3-5-15(6-4-14)23(29)32-2/h3-13H,1-2H3,(H,25,27,30)/b19-13-. The number of nitrogens with zero attached hydrogens (tertiary/aromatic N) is 1. The van der Waals surface area contributed by atoms with Gasteiger partial charge in [-0.05, 0) is 54.6 Å². The Morgan fingerprint density at radius 1 is 0.939 bits per heavy atom. The molecule has 1 N–H and O–H groups in total. The summed E-state index contributed by atoms with van der Waals surface area (Å²) in [4.78, 5) is 50.1. The van der Waals surface area contributed by atoms with E-state index in [4.69, 9.17) is 9.15 Å². The summed E-state index contributed by atoms with van der Waals surface area (Å²) in [7, 11) is 2.80. The minimum Gasteiger partial charge on any atom is -0.497 e. The van der Waals surface area contributed by atoms with E-state index in [9.17, 15) is 19.2 Å². The number of barbiturate groups is 1. The van der Waals surface area contributed by atoms with E-state index in [1.807, 2.05) is 0 Å². The summed E-state index contributed by atoms with van der Waals surface area (Å²) in [5.41, 5.74) is 1.10. The molecule has 9 nitrogen and oxygen atoms in total. The lowest BCUT2D eigenvalue weighted by Crippen LogP contribution is -2.54. The fraction of sp³-hybridized carbons (Fsp3) is 0.0833. The van der Waals surface area contributed by atoms with Gasteiger partial charge in [-0.25, -0.2) is 14.5 Å². The third-order valence-corrected chi connectivity index (χ3v) is 4.94. The van der Waals surface area contributed by atoms with Crippen LogP contribution in [-0.2, 0) is 14.3 Å². The van der Waals surface area contributed by atoms with Gasteiger partial charge in [-0.15, -0.1) is 0 Å². The van der Waals surface area contributed by atoms with E-state index in [1.165, 1.54) is 32.4 Å². The SMILES string of the molecule is COC(=O)c1ccc(-c2ccc(/C=C3/C(=O)NC(=O)N(c4ccc(OC)cc4)C3=O)o2)cc1. The predicted octanol–water partition coefficient (Wildman–Crippen LogP) is 3.41. The molecule has 1 aliphatic rings. The van der Waals surface area contributed by atoms with Crippen LogP contribution in [0.1, 0.15) is 16.1 Å². The third kappa shape index (κ3) is 4.24. The number of rotatable bonds is 5. The molecule has 4 amide bonds. The Morgan fingerprint density at radius 3 is 2.27 bits per heavy atom. The Kier molecular flexibility index (Phi) is 5.77. The zero-order valence-electron chi connectivity index (χ0n) is 17.7. The Bertz CT molecular complexity index is 1270. The number of amides is 4. The monoisotopic (exact) mass is 446 g/mol. The van der Waals surface area contributed by atoms with Crippen LogP contribution in [0.2, 0.25) is 0 Å². The van der Waals surface area contributed by atoms with Gasteiger partial charge >= 0.3 is 12.0 Å². The average Bonchev–Trinajstić information content (AvgIpc) is 3.30. The van der Waals surface area contributed by atoms with E-state index in [2.05, 4.69) is 10.1 Å². The summed E-state index contributed by atoms with van der Waals surface area (Å²) >= 11 is 0. The van der Waals surface area contributed by atoms with E-state index >= 15 is 0 Å². The average molecular weight is 446 g/mol. The number of carbonyl (C=O) groups is 4. The molecule has 1 aliphatic heterocycles. The fourth-order valence-electron chi connectivity index (χ4n) is 3.24. The third-order valence-electron chi connectivity index (χ3n) is 4.94. The topological polar surface area (TPSA) is 115 Å². The van der Waals surface area contributed by atoms with Gasteiger partial charge in [0.15, 0.2) is 0 Å². The van der Waals surface area contributed by atoms with E-state index in [1.54, 1.807) is 48.5 Å². The summed E-state index contributed by atoms with van der Waals surface area (Å²) in [5.74, 6) is -0.804. The molecule has 0 spiro atoms. The zero-order valence-corrected chi connectivity index (χ0v) is 17.7. The first-order valence-corrected chi connectivity index (χ1v) is 9.75. The lowest BCUT2D eigenvalue weighted by Gasteiger charge is -2.26. The van der Waals surface area contributed by atoms with E-state index in [-0.39, 0.29) is 17.0 Å². The van der Waals surface area contributed by atoms with E-state index in [0.29, 0.717) is 22.6 Å². The van der Waals surface area contributed by atoms with Gasteiger partial charge in [0.05, 0.1) is 25.5 Å². The van der Waals surface area contributed by atoms with Crippen LogP contribution in [0, 0.1) is 0 Å². The van der Waals surface area contributed by atoms with Gasteiger partial charge in [0.25, 0.3) is 11.8 Å². The summed E-state index contributed by atoms with van der Waals surface area (Å²) < 4.78 is 15.5. The molecule has 0 aliphatic carbocycles. The Hall–Kier alpha value is -4.66. The minimum absolute atomic E-state index is 0.240. The number of hydrogen-bond donors (Lipinski definition) is 1. The summed E-state index contributed by atoms with van der Waals surface area (Å²) in [6.45, 7) is 0. The van der Waals surface area contributed by atoms with Crippen LogP contribution < -0.4 is 15.0 Å². The highest BCUT2D eigenvalue weighted by atomic mass is 16.5. The van der Waals surface area contributed by atoms with Crippen LogP contribution in [0.4, 0.5) is 10.5 Å². The smallest absolute Gasteiger partial charge is 0.337 e. The molecule has 1 aromatic heterocycles. The van der Waals surface area contributed by atoms with Crippen molar-refractivity contribution < 1.29 is 33.1 Å². The van der Waals surface area contributed by atoms with Crippen molar-refractivity contribution in [2.45, 2.75) is 0 Å². The van der Waals surface area contributed by atoms with Crippen molar-refractivity contribution in [1.82, 2.24) is 5.32 Å². The number of methoxy groups -OCH3 is 2. The van der Waals surface area contributed by atoms with E-state index in [0.717, 1.165) is 4.90 Å². The molecule has 166 valence electrons. The van der Waals surface area contributed by atoms with Gasteiger partial charge in [-0.3, -0.25) is 14.9 Å². The second kappa shape index (κ2) is 8.83. The van der Waals surface area contributed by atoms with Crippen molar-refractivity contribution in [1.29, 1.82) is 0 Å². The molecule has 0 unspecified atom stereocenters. The number of imide groups is 2. The first kappa shape index (κ1) is 21.6. The molecule has 9 heteroatoms. The Labute approximate surface area is 188 Å². The molecule has 1 saturated heterocycles. The Balaban J connectivity index is 1.60. The maximum absolute atomic E-state index is 13.0. The van der Waals surface area contributed by atoms with Gasteiger partial charge in [0.1, 0.15) is 22.8 Å². The zero-order chi connectivity index (χ0) is 23.5. The highest BCUT2D eigenvalue weighted by Crippen LogP contribution is 2.27. The van der Waals surface area contributed by atoms with Crippen molar-refractivity contribution >= 4 is 35.6 Å². The van der Waals surface area contributed by atoms with Crippen LogP contribution in [0.25, 0.3) is 17.4 Å². The molecule has 0 atom stereocenters. The van der Waals surface area contributed by atoms with Crippen molar-refractivity contribution in [3.63, 3.8) is 0 Å². The molecular weight excluding hydrogens is 428 g/mol. The summed E-state index contributed by atoms with van der Waals surface area (Å²) in [6.07, 6.45) is 1.27. The first-order valence-electron chi connectivity index (χ1n) is 9.75. The predicted molar refractivity (Wildman–Crippen MR) is 117 cm³/mol. The number of anilines is 1. The molecule has 4 rings (SSSR count). The Morgan fingerprint density at radius 2 is 1.64 bits per heavy atom. The maximum Gasteiger partial charge on any atom is 0.337 e. The molecule has 0 bridgehead atoms. The van der Waals surface area contributed by atoms with Crippen molar-refractivity contribution in [2.24, 2.45) is 0 Å². The van der Waals surface area contributed by atoms with Crippen LogP contribution in [0.15, 0.2) is 70.7 Å². The molecule has 2 aromatic carbocycles. The van der Waals surface area contributed by atoms with Crippen molar-refractivity contribution in [3.05, 3.63) is 77.6 Å². The van der Waals surface area contributed by atoms with Crippen LogP contribution in [0.3, 0.4) is 0 Å². The van der Waals surface area contributed by atoms with Crippen LogP contribution in [-0.4, -0.2) is 38.0 Å². The second-order valence-corrected chi connectivity index (χ2v) is 6.93. The fourth-order valence-corrected chi connectivity index (χ4v) is 3.24. The van der Waals surface area contributed by atoms with Gasteiger partial charge in [0, 0.05) is 5.56 Å². The highest BCUT2D eigenvalue weighted by molar-refractivity contribution is 6.39. The van der Waals surface area contributed by atoms with Crippen LogP contribution in [0.5, 0.6) is 5.75 Å². The summed E-state index contributed by atoms with van der Waals surface area (Å²) in [6, 6.07) is 15.2. The molecule has 0 radical (unpaired) electrons. The molecule has 1 fully saturated rings. The largest absolute Gasteiger partial charge is 0.497 e. The molecule has 33 heavy (non-hydrogen) atoms. The number of nitrogens with one attached hydrogen (secondary N) is 1. The maximum atomic E-state index is 13.0. The number of ether oxygens (including phenoxy) is 2.